The summed E-state index contributed by atoms with van der Waals surface area (Å²) in [6, 6.07) is 15.2. The van der Waals surface area contributed by atoms with Crippen LogP contribution in [0.2, 0.25) is 0 Å². The highest BCUT2D eigenvalue weighted by Gasteiger charge is 2.09. The molecule has 0 radical (unpaired) electrons. The van der Waals surface area contributed by atoms with E-state index in [0.717, 1.165) is 27.6 Å². The third-order valence-electron chi connectivity index (χ3n) is 3.94. The molecular weight excluding hydrogens is 360 g/mol. The van der Waals surface area contributed by atoms with E-state index in [2.05, 4.69) is 20.6 Å². The summed E-state index contributed by atoms with van der Waals surface area (Å²) >= 11 is 1.55. The van der Waals surface area contributed by atoms with Crippen LogP contribution in [0.25, 0.3) is 16.3 Å². The molecule has 27 heavy (non-hydrogen) atoms. The quantitative estimate of drug-likeness (QED) is 0.265. The van der Waals surface area contributed by atoms with Gasteiger partial charge in [0.15, 0.2) is 12.2 Å². The fourth-order valence-electron chi connectivity index (χ4n) is 2.54. The first-order valence-corrected chi connectivity index (χ1v) is 9.28. The number of rotatable bonds is 6. The van der Waals surface area contributed by atoms with E-state index in [0.29, 0.717) is 11.7 Å². The number of aromatic nitrogens is 1. The number of guanidine groups is 1. The first-order chi connectivity index (χ1) is 13.2. The number of benzene rings is 2. The molecule has 0 aliphatic heterocycles. The van der Waals surface area contributed by atoms with E-state index in [1.165, 1.54) is 0 Å². The SMILES string of the molecule is CN=C(NCC(O)c1ccccc1)N/C(C=O)=C\c1ccc2ncsc2c1. The highest BCUT2D eigenvalue weighted by atomic mass is 32.1. The maximum absolute atomic E-state index is 11.5. The molecule has 2 aromatic carbocycles. The van der Waals surface area contributed by atoms with Crippen LogP contribution in [0.1, 0.15) is 17.2 Å². The van der Waals surface area contributed by atoms with Crippen LogP contribution in [-0.4, -0.2) is 35.9 Å². The predicted octanol–water partition coefficient (Wildman–Crippen LogP) is 2.73. The minimum Gasteiger partial charge on any atom is -0.387 e. The molecule has 138 valence electrons. The van der Waals surface area contributed by atoms with Crippen molar-refractivity contribution in [3.8, 4) is 0 Å². The van der Waals surface area contributed by atoms with Crippen LogP contribution < -0.4 is 10.6 Å². The zero-order chi connectivity index (χ0) is 19.1. The number of nitrogens with zero attached hydrogens (tertiary/aromatic N) is 2. The highest BCUT2D eigenvalue weighted by molar-refractivity contribution is 7.16. The molecule has 0 fully saturated rings. The van der Waals surface area contributed by atoms with Crippen LogP contribution in [0, 0.1) is 0 Å². The predicted molar refractivity (Wildman–Crippen MR) is 110 cm³/mol. The lowest BCUT2D eigenvalue weighted by molar-refractivity contribution is -0.105. The van der Waals surface area contributed by atoms with E-state index in [1.54, 1.807) is 30.0 Å². The van der Waals surface area contributed by atoms with Gasteiger partial charge in [0.05, 0.1) is 27.5 Å². The lowest BCUT2D eigenvalue weighted by atomic mass is 10.1. The Morgan fingerprint density at radius 3 is 2.85 bits per heavy atom. The molecule has 0 saturated carbocycles. The van der Waals surface area contributed by atoms with Crippen molar-refractivity contribution in [2.24, 2.45) is 4.99 Å². The van der Waals surface area contributed by atoms with Gasteiger partial charge in [-0.25, -0.2) is 4.98 Å². The van der Waals surface area contributed by atoms with Gasteiger partial charge in [-0.15, -0.1) is 11.3 Å². The number of carbonyl (C=O) groups is 1. The molecule has 0 saturated heterocycles. The number of aldehydes is 1. The van der Waals surface area contributed by atoms with E-state index in [4.69, 9.17) is 0 Å². The zero-order valence-electron chi connectivity index (χ0n) is 14.8. The number of hydrogen-bond acceptors (Lipinski definition) is 5. The van der Waals surface area contributed by atoms with Gasteiger partial charge >= 0.3 is 0 Å². The largest absolute Gasteiger partial charge is 0.387 e. The van der Waals surface area contributed by atoms with E-state index >= 15 is 0 Å². The smallest absolute Gasteiger partial charge is 0.195 e. The molecule has 3 aromatic rings. The fourth-order valence-corrected chi connectivity index (χ4v) is 3.27. The maximum Gasteiger partial charge on any atom is 0.195 e. The van der Waals surface area contributed by atoms with Crippen molar-refractivity contribution >= 4 is 39.9 Å². The summed E-state index contributed by atoms with van der Waals surface area (Å²) in [5.41, 5.74) is 4.79. The number of hydrogen-bond donors (Lipinski definition) is 3. The van der Waals surface area contributed by atoms with Crippen molar-refractivity contribution in [2.75, 3.05) is 13.6 Å². The number of allylic oxidation sites excluding steroid dienone is 1. The van der Waals surface area contributed by atoms with Crippen molar-refractivity contribution < 1.29 is 9.90 Å². The molecule has 0 bridgehead atoms. The van der Waals surface area contributed by atoms with Gasteiger partial charge in [0, 0.05) is 13.6 Å². The molecular formula is C20H20N4O2S. The molecule has 0 aliphatic rings. The van der Waals surface area contributed by atoms with Crippen LogP contribution in [0.15, 0.2) is 64.7 Å². The van der Waals surface area contributed by atoms with Gasteiger partial charge in [0.1, 0.15) is 0 Å². The van der Waals surface area contributed by atoms with Gasteiger partial charge in [-0.2, -0.15) is 0 Å². The third-order valence-corrected chi connectivity index (χ3v) is 4.73. The van der Waals surface area contributed by atoms with Crippen LogP contribution in [0.5, 0.6) is 0 Å². The van der Waals surface area contributed by atoms with E-state index in [9.17, 15) is 9.90 Å². The Balaban J connectivity index is 1.65. The van der Waals surface area contributed by atoms with Crippen LogP contribution >= 0.6 is 11.3 Å². The Labute approximate surface area is 161 Å². The second-order valence-corrected chi connectivity index (χ2v) is 6.69. The van der Waals surface area contributed by atoms with E-state index in [-0.39, 0.29) is 6.54 Å². The summed E-state index contributed by atoms with van der Waals surface area (Å²) in [6.45, 7) is 0.267. The molecule has 6 nitrogen and oxygen atoms in total. The number of aliphatic imine (C=N–C) groups is 1. The van der Waals surface area contributed by atoms with Gasteiger partial charge in [-0.3, -0.25) is 9.79 Å². The lowest BCUT2D eigenvalue weighted by Crippen LogP contribution is -2.39. The van der Waals surface area contributed by atoms with Gasteiger partial charge in [0.2, 0.25) is 0 Å². The topological polar surface area (TPSA) is 86.6 Å². The Bertz CT molecular complexity index is 966. The van der Waals surface area contributed by atoms with Gasteiger partial charge in [0.25, 0.3) is 0 Å². The summed E-state index contributed by atoms with van der Waals surface area (Å²) < 4.78 is 1.06. The van der Waals surface area contributed by atoms with Crippen molar-refractivity contribution in [3.05, 3.63) is 70.9 Å². The van der Waals surface area contributed by atoms with E-state index < -0.39 is 6.10 Å². The monoisotopic (exact) mass is 380 g/mol. The molecule has 0 aliphatic carbocycles. The molecule has 3 rings (SSSR count). The number of nitrogens with one attached hydrogen (secondary N) is 2. The first-order valence-electron chi connectivity index (χ1n) is 8.40. The second-order valence-electron chi connectivity index (χ2n) is 5.80. The minimum atomic E-state index is -0.679. The van der Waals surface area contributed by atoms with Crippen molar-refractivity contribution in [1.29, 1.82) is 0 Å². The normalized spacial score (nSPS) is 13.4. The summed E-state index contributed by atoms with van der Waals surface area (Å²) in [5, 5.41) is 16.2. The summed E-state index contributed by atoms with van der Waals surface area (Å²) in [4.78, 5) is 19.8. The molecule has 0 spiro atoms. The summed E-state index contributed by atoms with van der Waals surface area (Å²) in [6.07, 6.45) is 1.80. The Morgan fingerprint density at radius 1 is 1.30 bits per heavy atom. The fraction of sp³-hybridized carbons (Fsp3) is 0.150. The molecule has 1 unspecified atom stereocenters. The molecule has 1 aromatic heterocycles. The standard InChI is InChI=1S/C20H20N4O2S/c1-21-20(22-11-18(26)15-5-3-2-4-6-15)24-16(12-25)9-14-7-8-17-19(10-14)27-13-23-17/h2-10,12-13,18,26H,11H2,1H3,(H2,21,22,24)/b16-9-. The molecule has 3 N–H and O–H groups in total. The highest BCUT2D eigenvalue weighted by Crippen LogP contribution is 2.20. The number of carbonyl (C=O) groups excluding carboxylic acids is 1. The number of fused-ring (bicyclic) bond motifs is 1. The average Bonchev–Trinajstić information content (AvgIpc) is 3.18. The summed E-state index contributed by atoms with van der Waals surface area (Å²) in [7, 11) is 1.61. The first kappa shape index (κ1) is 18.8. The molecule has 1 atom stereocenters. The van der Waals surface area contributed by atoms with Crippen LogP contribution in [0.4, 0.5) is 0 Å². The van der Waals surface area contributed by atoms with Crippen LogP contribution in [-0.2, 0) is 4.79 Å². The molecule has 1 heterocycles. The van der Waals surface area contributed by atoms with Crippen molar-refractivity contribution in [3.63, 3.8) is 0 Å². The second kappa shape index (κ2) is 9.07. The minimum absolute atomic E-state index is 0.267. The Morgan fingerprint density at radius 2 is 2.11 bits per heavy atom. The lowest BCUT2D eigenvalue weighted by Gasteiger charge is -2.15. The zero-order valence-corrected chi connectivity index (χ0v) is 15.6. The Kier molecular flexibility index (Phi) is 6.30. The van der Waals surface area contributed by atoms with Gasteiger partial charge in [-0.1, -0.05) is 36.4 Å². The van der Waals surface area contributed by atoms with Gasteiger partial charge < -0.3 is 15.7 Å². The molecule has 0 amide bonds. The van der Waals surface area contributed by atoms with E-state index in [1.807, 2.05) is 48.5 Å². The summed E-state index contributed by atoms with van der Waals surface area (Å²) in [5.74, 6) is 0.405. The third kappa shape index (κ3) is 4.99. The Hall–Kier alpha value is -3.03. The van der Waals surface area contributed by atoms with Crippen molar-refractivity contribution in [1.82, 2.24) is 15.6 Å². The van der Waals surface area contributed by atoms with Gasteiger partial charge in [-0.05, 0) is 29.3 Å². The number of thiazole rings is 1. The number of aliphatic hydroxyl groups excluding tert-OH is 1. The van der Waals surface area contributed by atoms with Crippen molar-refractivity contribution in [2.45, 2.75) is 6.10 Å². The maximum atomic E-state index is 11.5. The van der Waals surface area contributed by atoms with Crippen LogP contribution in [0.3, 0.4) is 0 Å². The average molecular weight is 380 g/mol. The molecule has 7 heteroatoms. The number of aliphatic hydroxyl groups is 1.